The molecule has 17 heavy (non-hydrogen) atoms. The standard InChI is InChI=1S/C16H19N/c1-2-3-11-17-12-10-15-14-7-5-4-6-13(14)8-9-16(15)17/h4-9H,2-3,10-12H2,1H3. The van der Waals surface area contributed by atoms with Crippen LogP contribution < -0.4 is 4.90 Å². The summed E-state index contributed by atoms with van der Waals surface area (Å²) in [6.07, 6.45) is 3.78. The minimum absolute atomic E-state index is 1.20. The highest BCUT2D eigenvalue weighted by molar-refractivity contribution is 5.91. The van der Waals surface area contributed by atoms with Gasteiger partial charge >= 0.3 is 0 Å². The molecule has 2 aromatic carbocycles. The minimum Gasteiger partial charge on any atom is -0.371 e. The average molecular weight is 225 g/mol. The molecule has 0 aliphatic carbocycles. The molecule has 0 N–H and O–H groups in total. The van der Waals surface area contributed by atoms with Crippen molar-refractivity contribution >= 4 is 16.5 Å². The van der Waals surface area contributed by atoms with E-state index in [1.165, 1.54) is 48.8 Å². The highest BCUT2D eigenvalue weighted by Crippen LogP contribution is 2.34. The number of rotatable bonds is 3. The Morgan fingerprint density at radius 3 is 2.88 bits per heavy atom. The first kappa shape index (κ1) is 10.6. The fraction of sp³-hybridized carbons (Fsp3) is 0.375. The van der Waals surface area contributed by atoms with Crippen LogP contribution in [0.4, 0.5) is 5.69 Å². The van der Waals surface area contributed by atoms with E-state index in [4.69, 9.17) is 0 Å². The Labute approximate surface area is 103 Å². The van der Waals surface area contributed by atoms with E-state index in [1.807, 2.05) is 0 Å². The smallest absolute Gasteiger partial charge is 0.0405 e. The summed E-state index contributed by atoms with van der Waals surface area (Å²) in [4.78, 5) is 2.55. The second-order valence-corrected chi connectivity index (χ2v) is 4.87. The maximum atomic E-state index is 2.55. The zero-order valence-electron chi connectivity index (χ0n) is 10.4. The fourth-order valence-electron chi connectivity index (χ4n) is 2.83. The Bertz CT molecular complexity index is 530. The van der Waals surface area contributed by atoms with Crippen molar-refractivity contribution in [1.82, 2.24) is 0 Å². The molecule has 2 aromatic rings. The van der Waals surface area contributed by atoms with Gasteiger partial charge in [-0.2, -0.15) is 0 Å². The maximum absolute atomic E-state index is 2.55. The summed E-state index contributed by atoms with van der Waals surface area (Å²) in [5.74, 6) is 0. The molecule has 0 spiro atoms. The van der Waals surface area contributed by atoms with Gasteiger partial charge in [0.15, 0.2) is 0 Å². The van der Waals surface area contributed by atoms with Crippen molar-refractivity contribution in [2.24, 2.45) is 0 Å². The molecular formula is C16H19N. The van der Waals surface area contributed by atoms with E-state index in [-0.39, 0.29) is 0 Å². The maximum Gasteiger partial charge on any atom is 0.0405 e. The van der Waals surface area contributed by atoms with Crippen molar-refractivity contribution < 1.29 is 0 Å². The number of hydrogen-bond acceptors (Lipinski definition) is 1. The Morgan fingerprint density at radius 1 is 1.12 bits per heavy atom. The molecule has 1 heterocycles. The van der Waals surface area contributed by atoms with E-state index in [2.05, 4.69) is 48.2 Å². The highest BCUT2D eigenvalue weighted by Gasteiger charge is 2.19. The molecule has 0 aromatic heterocycles. The minimum atomic E-state index is 1.20. The van der Waals surface area contributed by atoms with Crippen LogP contribution in [0.3, 0.4) is 0 Å². The van der Waals surface area contributed by atoms with E-state index < -0.39 is 0 Å². The normalized spacial score (nSPS) is 14.3. The summed E-state index contributed by atoms with van der Waals surface area (Å²) in [6.45, 7) is 4.67. The predicted molar refractivity (Wildman–Crippen MR) is 74.8 cm³/mol. The van der Waals surface area contributed by atoms with Gasteiger partial charge in [-0.1, -0.05) is 43.7 Å². The second-order valence-electron chi connectivity index (χ2n) is 4.87. The van der Waals surface area contributed by atoms with Crippen molar-refractivity contribution in [3.05, 3.63) is 42.0 Å². The summed E-state index contributed by atoms with van der Waals surface area (Å²) in [5, 5.41) is 2.83. The first-order valence-corrected chi connectivity index (χ1v) is 6.65. The third-order valence-corrected chi connectivity index (χ3v) is 3.77. The lowest BCUT2D eigenvalue weighted by Gasteiger charge is -2.19. The van der Waals surface area contributed by atoms with Crippen LogP contribution in [0.1, 0.15) is 25.3 Å². The number of anilines is 1. The monoisotopic (exact) mass is 225 g/mol. The van der Waals surface area contributed by atoms with Crippen molar-refractivity contribution in [2.75, 3.05) is 18.0 Å². The van der Waals surface area contributed by atoms with E-state index in [0.717, 1.165) is 0 Å². The van der Waals surface area contributed by atoms with Gasteiger partial charge in [-0.05, 0) is 35.2 Å². The fourth-order valence-corrected chi connectivity index (χ4v) is 2.83. The van der Waals surface area contributed by atoms with Gasteiger partial charge in [-0.3, -0.25) is 0 Å². The molecule has 1 nitrogen and oxygen atoms in total. The molecule has 0 saturated heterocycles. The summed E-state index contributed by atoms with van der Waals surface area (Å²) in [7, 11) is 0. The Hall–Kier alpha value is -1.50. The number of fused-ring (bicyclic) bond motifs is 3. The number of benzene rings is 2. The highest BCUT2D eigenvalue weighted by atomic mass is 15.1. The molecular weight excluding hydrogens is 206 g/mol. The molecule has 3 rings (SSSR count). The van der Waals surface area contributed by atoms with Gasteiger partial charge in [0.25, 0.3) is 0 Å². The molecule has 1 aliphatic heterocycles. The van der Waals surface area contributed by atoms with Gasteiger partial charge in [-0.25, -0.2) is 0 Å². The van der Waals surface area contributed by atoms with Crippen molar-refractivity contribution in [3.8, 4) is 0 Å². The predicted octanol–water partition coefficient (Wildman–Crippen LogP) is 4.00. The summed E-state index contributed by atoms with van der Waals surface area (Å²) in [6, 6.07) is 13.3. The van der Waals surface area contributed by atoms with Crippen LogP contribution in [0.15, 0.2) is 36.4 Å². The largest absolute Gasteiger partial charge is 0.371 e. The van der Waals surface area contributed by atoms with Crippen LogP contribution in [-0.2, 0) is 6.42 Å². The lowest BCUT2D eigenvalue weighted by atomic mass is 10.0. The van der Waals surface area contributed by atoms with Gasteiger partial charge in [0, 0.05) is 18.8 Å². The topological polar surface area (TPSA) is 3.24 Å². The Balaban J connectivity index is 2.02. The van der Waals surface area contributed by atoms with Gasteiger partial charge in [0.1, 0.15) is 0 Å². The number of nitrogens with zero attached hydrogens (tertiary/aromatic N) is 1. The van der Waals surface area contributed by atoms with E-state index in [9.17, 15) is 0 Å². The van der Waals surface area contributed by atoms with E-state index in [0.29, 0.717) is 0 Å². The molecule has 0 fully saturated rings. The quantitative estimate of drug-likeness (QED) is 0.763. The Morgan fingerprint density at radius 2 is 2.00 bits per heavy atom. The number of hydrogen-bond donors (Lipinski definition) is 0. The third kappa shape index (κ3) is 1.80. The SMILES string of the molecule is CCCCN1CCc2c1ccc1ccccc21. The van der Waals surface area contributed by atoms with Gasteiger partial charge < -0.3 is 4.90 Å². The summed E-state index contributed by atoms with van der Waals surface area (Å²) >= 11 is 0. The molecule has 0 saturated carbocycles. The zero-order chi connectivity index (χ0) is 11.7. The summed E-state index contributed by atoms with van der Waals surface area (Å²) < 4.78 is 0. The van der Waals surface area contributed by atoms with Gasteiger partial charge in [-0.15, -0.1) is 0 Å². The van der Waals surface area contributed by atoms with Crippen LogP contribution in [0, 0.1) is 0 Å². The molecule has 0 amide bonds. The van der Waals surface area contributed by atoms with E-state index in [1.54, 1.807) is 5.56 Å². The zero-order valence-corrected chi connectivity index (χ0v) is 10.4. The van der Waals surface area contributed by atoms with E-state index >= 15 is 0 Å². The first-order chi connectivity index (χ1) is 8.40. The first-order valence-electron chi connectivity index (χ1n) is 6.65. The second kappa shape index (κ2) is 4.40. The molecule has 0 radical (unpaired) electrons. The van der Waals surface area contributed by atoms with Crippen LogP contribution in [0.25, 0.3) is 10.8 Å². The van der Waals surface area contributed by atoms with Crippen molar-refractivity contribution in [1.29, 1.82) is 0 Å². The molecule has 88 valence electrons. The molecule has 0 unspecified atom stereocenters. The van der Waals surface area contributed by atoms with Crippen LogP contribution in [0.2, 0.25) is 0 Å². The lowest BCUT2D eigenvalue weighted by molar-refractivity contribution is 0.736. The Kier molecular flexibility index (Phi) is 2.76. The van der Waals surface area contributed by atoms with Crippen LogP contribution >= 0.6 is 0 Å². The van der Waals surface area contributed by atoms with Crippen LogP contribution in [0.5, 0.6) is 0 Å². The molecule has 1 aliphatic rings. The summed E-state index contributed by atoms with van der Waals surface area (Å²) in [5.41, 5.74) is 3.02. The molecule has 0 atom stereocenters. The third-order valence-electron chi connectivity index (χ3n) is 3.77. The van der Waals surface area contributed by atoms with Gasteiger partial charge in [0.2, 0.25) is 0 Å². The number of unbranched alkanes of at least 4 members (excludes halogenated alkanes) is 1. The van der Waals surface area contributed by atoms with Crippen LogP contribution in [-0.4, -0.2) is 13.1 Å². The molecule has 1 heteroatoms. The van der Waals surface area contributed by atoms with Crippen molar-refractivity contribution in [2.45, 2.75) is 26.2 Å². The van der Waals surface area contributed by atoms with Gasteiger partial charge in [0.05, 0.1) is 0 Å². The van der Waals surface area contributed by atoms with Crippen molar-refractivity contribution in [3.63, 3.8) is 0 Å². The molecule has 0 bridgehead atoms. The lowest BCUT2D eigenvalue weighted by Crippen LogP contribution is -2.21. The average Bonchev–Trinajstić information content (AvgIpc) is 2.80.